The fourth-order valence-corrected chi connectivity index (χ4v) is 5.08. The fraction of sp³-hybridized carbons (Fsp3) is 0.490. The van der Waals surface area contributed by atoms with E-state index in [1.807, 2.05) is 0 Å². The van der Waals surface area contributed by atoms with Gasteiger partial charge in [0.2, 0.25) is 0 Å². The molecule has 1 amide bonds. The highest BCUT2D eigenvalue weighted by Crippen LogP contribution is 2.22. The molecule has 1 heterocycles. The zero-order valence-electron chi connectivity index (χ0n) is 33.2. The molecule has 1 saturated heterocycles. The number of hydrogen-bond acceptors (Lipinski definition) is 8. The molecule has 0 aliphatic carbocycles. The lowest BCUT2D eigenvalue weighted by Crippen LogP contribution is -2.60. The van der Waals surface area contributed by atoms with Gasteiger partial charge in [0, 0.05) is 81.7 Å². The van der Waals surface area contributed by atoms with Crippen molar-refractivity contribution in [2.24, 2.45) is 5.73 Å². The Morgan fingerprint density at radius 3 is 1.43 bits per heavy atom. The van der Waals surface area contributed by atoms with Crippen molar-refractivity contribution in [3.63, 3.8) is 0 Å². The first kappa shape index (κ1) is 49.9. The van der Waals surface area contributed by atoms with E-state index in [1.54, 1.807) is 6.92 Å². The second kappa shape index (κ2) is 35.3. The molecule has 1 fully saturated rings. The molecule has 0 aromatic rings. The van der Waals surface area contributed by atoms with E-state index in [4.69, 9.17) is 15.2 Å². The standard InChI is InChI=1S/C49H50N2O7.24H2/c1-3-5-7-9-11-13-15-17-18-19-20-21-22-23-24-25-26-27-29-31-33-35-37-39-45(53)51-43(41-57-49-48(56)47(55)46(54)44(40-52)58-49)42(50)38-36-34-32-30-28-16-14-12-10-8-6-4-2;;;;;;;;;;;;;;;;;;;;;;;;/h42-44,46-49,52,54-56H,4,6,8,10,12,14,16,28,30,32,34,36,38,40-41,50H2,1-2H3,(H,51,53);24*1H/t42-,43+,44?,46+,47+,48?,49+;;;;;;;;;;;;;;;;;;;;;;;;/m1......................../s1. The highest BCUT2D eigenvalue weighted by Gasteiger charge is 2.44. The number of amides is 1. The van der Waals surface area contributed by atoms with Crippen molar-refractivity contribution in [3.05, 3.63) is 0 Å². The van der Waals surface area contributed by atoms with Crippen LogP contribution in [0.1, 0.15) is 132 Å². The van der Waals surface area contributed by atoms with Gasteiger partial charge in [-0.05, 0) is 108 Å². The summed E-state index contributed by atoms with van der Waals surface area (Å²) in [5.74, 6) is 59.3. The van der Waals surface area contributed by atoms with Crippen molar-refractivity contribution in [2.75, 3.05) is 13.2 Å². The van der Waals surface area contributed by atoms with Gasteiger partial charge in [0.15, 0.2) is 6.29 Å². The van der Waals surface area contributed by atoms with Crippen LogP contribution in [0, 0.1) is 142 Å². The predicted molar refractivity (Wildman–Crippen MR) is 275 cm³/mol. The summed E-state index contributed by atoms with van der Waals surface area (Å²) in [4.78, 5) is 12.7. The minimum atomic E-state index is -1.60. The van der Waals surface area contributed by atoms with E-state index in [0.29, 0.717) is 6.42 Å². The minimum absolute atomic E-state index is 0. The molecule has 2 unspecified atom stereocenters. The van der Waals surface area contributed by atoms with Crippen LogP contribution < -0.4 is 11.1 Å². The zero-order valence-corrected chi connectivity index (χ0v) is 33.2. The molecule has 7 N–H and O–H groups in total. The Kier molecular flexibility index (Phi) is 30.4. The molecule has 0 bridgehead atoms. The third-order valence-electron chi connectivity index (χ3n) is 8.13. The Hall–Kier alpha value is -6.09. The first-order chi connectivity index (χ1) is 28.3. The van der Waals surface area contributed by atoms with Gasteiger partial charge >= 0.3 is 0 Å². The smallest absolute Gasteiger partial charge is 0.297 e. The van der Waals surface area contributed by atoms with Crippen molar-refractivity contribution in [3.8, 4) is 142 Å². The molecule has 9 heteroatoms. The van der Waals surface area contributed by atoms with Gasteiger partial charge in [0.1, 0.15) is 24.4 Å². The number of nitrogens with one attached hydrogen (secondary N) is 1. The molecule has 0 aromatic carbocycles. The van der Waals surface area contributed by atoms with Crippen LogP contribution in [0.15, 0.2) is 0 Å². The highest BCUT2D eigenvalue weighted by molar-refractivity contribution is 5.94. The van der Waals surface area contributed by atoms with E-state index in [0.717, 1.165) is 25.7 Å². The number of rotatable bonds is 19. The number of carbonyl (C=O) groups is 1. The van der Waals surface area contributed by atoms with Crippen molar-refractivity contribution >= 4 is 5.91 Å². The average molecular weight is 827 g/mol. The lowest BCUT2D eigenvalue weighted by Gasteiger charge is -2.40. The van der Waals surface area contributed by atoms with Crippen LogP contribution in [-0.4, -0.2) is 82.3 Å². The first-order valence-electron chi connectivity index (χ1n) is 19.3. The molecule has 0 radical (unpaired) electrons. The molecule has 9 nitrogen and oxygen atoms in total. The topological polar surface area (TPSA) is 155 Å². The molecule has 1 aliphatic rings. The van der Waals surface area contributed by atoms with Crippen LogP contribution in [0.3, 0.4) is 0 Å². The molecule has 1 aliphatic heterocycles. The van der Waals surface area contributed by atoms with Gasteiger partial charge in [0.25, 0.3) is 5.91 Å². The third kappa shape index (κ3) is 25.9. The second-order valence-corrected chi connectivity index (χ2v) is 12.6. The normalized spacial score (nSPS) is 17.4. The fourth-order valence-electron chi connectivity index (χ4n) is 5.08. The summed E-state index contributed by atoms with van der Waals surface area (Å²) in [6.45, 7) is 3.11. The summed E-state index contributed by atoms with van der Waals surface area (Å²) in [7, 11) is 0. The monoisotopic (exact) mass is 827 g/mol. The molecule has 1 rings (SSSR count). The summed E-state index contributed by atoms with van der Waals surface area (Å²) >= 11 is 0. The molecular weight excluding hydrogens is 729 g/mol. The molecule has 0 aromatic heterocycles. The van der Waals surface area contributed by atoms with Crippen molar-refractivity contribution in [1.82, 2.24) is 5.32 Å². The Morgan fingerprint density at radius 2 is 1.02 bits per heavy atom. The lowest BCUT2D eigenvalue weighted by molar-refractivity contribution is -0.302. The van der Waals surface area contributed by atoms with E-state index in [9.17, 15) is 25.2 Å². The average Bonchev–Trinajstić information content (AvgIpc) is 3.22. The highest BCUT2D eigenvalue weighted by atomic mass is 16.7. The lowest BCUT2D eigenvalue weighted by atomic mass is 9.99. The third-order valence-corrected chi connectivity index (χ3v) is 8.13. The van der Waals surface area contributed by atoms with Gasteiger partial charge < -0.3 is 41.0 Å². The number of carbonyl (C=O) groups excluding carboxylic acids is 1. The Morgan fingerprint density at radius 1 is 0.621 bits per heavy atom. The minimum Gasteiger partial charge on any atom is -0.394 e. The number of aliphatic hydroxyl groups is 4. The molecule has 346 valence electrons. The maximum absolute atomic E-state index is 12.7. The predicted octanol–water partition coefficient (Wildman–Crippen LogP) is 7.67. The number of nitrogens with two attached hydrogens (primary N) is 1. The maximum Gasteiger partial charge on any atom is 0.297 e. The molecular formula is C49H98N2O7. The van der Waals surface area contributed by atoms with Crippen LogP contribution in [0.25, 0.3) is 0 Å². The van der Waals surface area contributed by atoms with E-state index >= 15 is 0 Å². The number of aliphatic hydroxyl groups excluding tert-OH is 4. The zero-order chi connectivity index (χ0) is 42.3. The van der Waals surface area contributed by atoms with Gasteiger partial charge in [0.05, 0.1) is 19.3 Å². The van der Waals surface area contributed by atoms with Crippen molar-refractivity contribution < 1.29 is 68.9 Å². The van der Waals surface area contributed by atoms with Crippen LogP contribution in [-0.2, 0) is 14.3 Å². The van der Waals surface area contributed by atoms with Crippen molar-refractivity contribution in [2.45, 2.75) is 140 Å². The molecule has 58 heavy (non-hydrogen) atoms. The quantitative estimate of drug-likeness (QED) is 0.0573. The van der Waals surface area contributed by atoms with Gasteiger partial charge in [-0.25, -0.2) is 0 Å². The largest absolute Gasteiger partial charge is 0.394 e. The van der Waals surface area contributed by atoms with Gasteiger partial charge in [-0.3, -0.25) is 4.79 Å². The van der Waals surface area contributed by atoms with E-state index in [1.165, 1.54) is 51.4 Å². The summed E-state index contributed by atoms with van der Waals surface area (Å²) in [5, 5.41) is 42.8. The summed E-state index contributed by atoms with van der Waals surface area (Å²) in [5.41, 5.74) is 6.49. The van der Waals surface area contributed by atoms with Crippen LogP contribution in [0.4, 0.5) is 0 Å². The van der Waals surface area contributed by atoms with E-state index < -0.39 is 55.3 Å². The van der Waals surface area contributed by atoms with Gasteiger partial charge in [-0.15, -0.1) is 0 Å². The molecule has 7 atom stereocenters. The summed E-state index contributed by atoms with van der Waals surface area (Å²) < 4.78 is 11.1. The number of hydrogen-bond donors (Lipinski definition) is 6. The van der Waals surface area contributed by atoms with Gasteiger partial charge in [-0.2, -0.15) is 0 Å². The van der Waals surface area contributed by atoms with Crippen molar-refractivity contribution in [1.29, 1.82) is 0 Å². The Bertz CT molecular complexity index is 2160. The number of unbranched alkanes of at least 4 members (excludes halogenated alkanes) is 11. The van der Waals surface area contributed by atoms with Crippen LogP contribution >= 0.6 is 0 Å². The van der Waals surface area contributed by atoms with E-state index in [2.05, 4.69) is 154 Å². The summed E-state index contributed by atoms with van der Waals surface area (Å²) in [6.07, 6.45) is 7.74. The van der Waals surface area contributed by atoms with Gasteiger partial charge in [-0.1, -0.05) is 89.9 Å². The van der Waals surface area contributed by atoms with Crippen LogP contribution in [0.2, 0.25) is 0 Å². The number of ether oxygens (including phenoxy) is 2. The molecule has 0 spiro atoms. The van der Waals surface area contributed by atoms with E-state index in [-0.39, 0.29) is 40.8 Å². The second-order valence-electron chi connectivity index (χ2n) is 12.6. The van der Waals surface area contributed by atoms with Crippen LogP contribution in [0.5, 0.6) is 0 Å². The first-order valence-corrected chi connectivity index (χ1v) is 19.3. The molecule has 0 saturated carbocycles. The SMILES string of the molecule is CC#CC#CC#CC#CC#CC#CC#CC#CC#CC#CC#CC#CC(=O)N[C@@H](CO[C@H]1OC(CO)[C@H](O)[C@H](O)C1O)[C@H](N)CCCCCCCCCCCCCC.[HH].[HH].[HH].[HH].[HH].[HH].[HH].[HH].[HH].[HH].[HH].[HH].[HH].[HH].[HH].[HH].[HH].[HH].[HH].[HH].[HH].[HH].[HH].[HH]. The summed E-state index contributed by atoms with van der Waals surface area (Å²) in [6, 6.07) is -1.26. The maximum atomic E-state index is 12.7. The Labute approximate surface area is 381 Å². The Balaban J connectivity index is -0.0000000637.